The molecule has 3 nitrogen and oxygen atoms in total. The summed E-state index contributed by atoms with van der Waals surface area (Å²) in [7, 11) is 1.82. The molecule has 1 N–H and O–H groups in total. The summed E-state index contributed by atoms with van der Waals surface area (Å²) in [6, 6.07) is 0.0596. The molecule has 1 saturated carbocycles. The van der Waals surface area contributed by atoms with Crippen molar-refractivity contribution in [3.63, 3.8) is 0 Å². The standard InChI is InChI=1S/C9H18N2O/c1-3-11(2)9(12)10-7-8-5-4-6-8/h8H,3-7H2,1-2H3,(H,10,12). The maximum Gasteiger partial charge on any atom is 0.317 e. The molecule has 0 aromatic rings. The van der Waals surface area contributed by atoms with Gasteiger partial charge in [-0.05, 0) is 25.7 Å². The smallest absolute Gasteiger partial charge is 0.317 e. The van der Waals surface area contributed by atoms with Crippen LogP contribution in [0.25, 0.3) is 0 Å². The molecule has 0 unspecified atom stereocenters. The molecular weight excluding hydrogens is 152 g/mol. The van der Waals surface area contributed by atoms with Gasteiger partial charge in [-0.15, -0.1) is 0 Å². The van der Waals surface area contributed by atoms with Crippen LogP contribution in [-0.4, -0.2) is 31.1 Å². The van der Waals surface area contributed by atoms with Gasteiger partial charge in [0.1, 0.15) is 0 Å². The first-order valence-corrected chi connectivity index (χ1v) is 4.73. The Hall–Kier alpha value is -0.730. The van der Waals surface area contributed by atoms with Crippen molar-refractivity contribution in [2.24, 2.45) is 5.92 Å². The zero-order chi connectivity index (χ0) is 8.97. The van der Waals surface area contributed by atoms with Crippen LogP contribution in [0.5, 0.6) is 0 Å². The predicted octanol–water partition coefficient (Wildman–Crippen LogP) is 1.45. The molecule has 1 aliphatic carbocycles. The number of rotatable bonds is 3. The molecule has 0 bridgehead atoms. The van der Waals surface area contributed by atoms with Crippen LogP contribution >= 0.6 is 0 Å². The second-order valence-corrected chi connectivity index (χ2v) is 3.50. The van der Waals surface area contributed by atoms with Gasteiger partial charge in [-0.3, -0.25) is 0 Å². The van der Waals surface area contributed by atoms with Crippen molar-refractivity contribution >= 4 is 6.03 Å². The monoisotopic (exact) mass is 170 g/mol. The van der Waals surface area contributed by atoms with Gasteiger partial charge in [0.05, 0.1) is 0 Å². The zero-order valence-corrected chi connectivity index (χ0v) is 7.97. The van der Waals surface area contributed by atoms with Gasteiger partial charge >= 0.3 is 6.03 Å². The Labute approximate surface area is 74.1 Å². The molecule has 0 saturated heterocycles. The highest BCUT2D eigenvalue weighted by Crippen LogP contribution is 2.25. The Bertz CT molecular complexity index is 155. The molecule has 12 heavy (non-hydrogen) atoms. The van der Waals surface area contributed by atoms with Gasteiger partial charge in [0.2, 0.25) is 0 Å². The summed E-state index contributed by atoms with van der Waals surface area (Å²) in [5, 5.41) is 2.92. The van der Waals surface area contributed by atoms with Crippen molar-refractivity contribution in [1.82, 2.24) is 10.2 Å². The number of nitrogens with zero attached hydrogens (tertiary/aromatic N) is 1. The Morgan fingerprint density at radius 1 is 1.58 bits per heavy atom. The largest absolute Gasteiger partial charge is 0.338 e. The van der Waals surface area contributed by atoms with E-state index in [1.54, 1.807) is 4.90 Å². The average Bonchev–Trinajstić information content (AvgIpc) is 2.00. The summed E-state index contributed by atoms with van der Waals surface area (Å²) in [5.41, 5.74) is 0. The number of hydrogen-bond acceptors (Lipinski definition) is 1. The van der Waals surface area contributed by atoms with Crippen LogP contribution in [0.4, 0.5) is 4.79 Å². The van der Waals surface area contributed by atoms with E-state index >= 15 is 0 Å². The Balaban J connectivity index is 2.08. The van der Waals surface area contributed by atoms with Crippen molar-refractivity contribution in [2.45, 2.75) is 26.2 Å². The molecule has 0 spiro atoms. The third kappa shape index (κ3) is 2.40. The van der Waals surface area contributed by atoms with Crippen LogP contribution in [0.1, 0.15) is 26.2 Å². The molecule has 0 aromatic heterocycles. The Kier molecular flexibility index (Phi) is 3.38. The highest BCUT2D eigenvalue weighted by atomic mass is 16.2. The molecule has 1 fully saturated rings. The molecular formula is C9H18N2O. The summed E-state index contributed by atoms with van der Waals surface area (Å²) in [6.45, 7) is 3.61. The number of carbonyl (C=O) groups excluding carboxylic acids is 1. The lowest BCUT2D eigenvalue weighted by Gasteiger charge is -2.26. The maximum absolute atomic E-state index is 11.2. The van der Waals surface area contributed by atoms with Gasteiger partial charge in [0, 0.05) is 20.1 Å². The van der Waals surface area contributed by atoms with E-state index in [-0.39, 0.29) is 6.03 Å². The first-order chi connectivity index (χ1) is 5.74. The lowest BCUT2D eigenvalue weighted by molar-refractivity contribution is 0.204. The van der Waals surface area contributed by atoms with Gasteiger partial charge in [-0.1, -0.05) is 6.42 Å². The van der Waals surface area contributed by atoms with Gasteiger partial charge in [0.25, 0.3) is 0 Å². The van der Waals surface area contributed by atoms with Crippen LogP contribution in [-0.2, 0) is 0 Å². The number of carbonyl (C=O) groups is 1. The number of hydrogen-bond donors (Lipinski definition) is 1. The molecule has 0 atom stereocenters. The minimum Gasteiger partial charge on any atom is -0.338 e. The van der Waals surface area contributed by atoms with Crippen molar-refractivity contribution in [2.75, 3.05) is 20.1 Å². The molecule has 1 rings (SSSR count). The van der Waals surface area contributed by atoms with Crippen LogP contribution < -0.4 is 5.32 Å². The lowest BCUT2D eigenvalue weighted by atomic mass is 9.85. The topological polar surface area (TPSA) is 32.3 Å². The summed E-state index contributed by atoms with van der Waals surface area (Å²) in [5.74, 6) is 0.749. The van der Waals surface area contributed by atoms with E-state index in [1.807, 2.05) is 14.0 Å². The van der Waals surface area contributed by atoms with Crippen LogP contribution in [0, 0.1) is 5.92 Å². The van der Waals surface area contributed by atoms with Crippen LogP contribution in [0.2, 0.25) is 0 Å². The first-order valence-electron chi connectivity index (χ1n) is 4.73. The number of nitrogens with one attached hydrogen (secondary N) is 1. The molecule has 1 aliphatic rings. The summed E-state index contributed by atoms with van der Waals surface area (Å²) >= 11 is 0. The number of amides is 2. The molecule has 2 amide bonds. The molecule has 70 valence electrons. The third-order valence-electron chi connectivity index (χ3n) is 2.59. The quantitative estimate of drug-likeness (QED) is 0.683. The molecule has 0 aromatic carbocycles. The van der Waals surface area contributed by atoms with E-state index in [0.717, 1.165) is 19.0 Å². The maximum atomic E-state index is 11.2. The van der Waals surface area contributed by atoms with E-state index in [1.165, 1.54) is 19.3 Å². The number of urea groups is 1. The van der Waals surface area contributed by atoms with E-state index in [4.69, 9.17) is 0 Å². The predicted molar refractivity (Wildman–Crippen MR) is 49.0 cm³/mol. The van der Waals surface area contributed by atoms with Gasteiger partial charge in [-0.25, -0.2) is 4.79 Å². The van der Waals surface area contributed by atoms with Crippen LogP contribution in [0.15, 0.2) is 0 Å². The zero-order valence-electron chi connectivity index (χ0n) is 7.97. The van der Waals surface area contributed by atoms with E-state index < -0.39 is 0 Å². The molecule has 0 heterocycles. The van der Waals surface area contributed by atoms with E-state index in [2.05, 4.69) is 5.32 Å². The van der Waals surface area contributed by atoms with E-state index in [9.17, 15) is 4.79 Å². The van der Waals surface area contributed by atoms with Crippen LogP contribution in [0.3, 0.4) is 0 Å². The summed E-state index contributed by atoms with van der Waals surface area (Å²) in [4.78, 5) is 12.9. The fraction of sp³-hybridized carbons (Fsp3) is 0.889. The van der Waals surface area contributed by atoms with Gasteiger partial charge in [0.15, 0.2) is 0 Å². The lowest BCUT2D eigenvalue weighted by Crippen LogP contribution is -2.40. The second kappa shape index (κ2) is 4.33. The SMILES string of the molecule is CCN(C)C(=O)NCC1CCC1. The van der Waals surface area contributed by atoms with E-state index in [0.29, 0.717) is 0 Å². The normalized spacial score (nSPS) is 16.8. The second-order valence-electron chi connectivity index (χ2n) is 3.50. The van der Waals surface area contributed by atoms with Gasteiger partial charge < -0.3 is 10.2 Å². The van der Waals surface area contributed by atoms with Crippen molar-refractivity contribution < 1.29 is 4.79 Å². The fourth-order valence-electron chi connectivity index (χ4n) is 1.21. The summed E-state index contributed by atoms with van der Waals surface area (Å²) in [6.07, 6.45) is 3.91. The fourth-order valence-corrected chi connectivity index (χ4v) is 1.21. The van der Waals surface area contributed by atoms with Crippen molar-refractivity contribution in [1.29, 1.82) is 0 Å². The van der Waals surface area contributed by atoms with Crippen molar-refractivity contribution in [3.8, 4) is 0 Å². The molecule has 3 heteroatoms. The third-order valence-corrected chi connectivity index (χ3v) is 2.59. The highest BCUT2D eigenvalue weighted by molar-refractivity contribution is 5.73. The highest BCUT2D eigenvalue weighted by Gasteiger charge is 2.18. The Morgan fingerprint density at radius 2 is 2.25 bits per heavy atom. The van der Waals surface area contributed by atoms with Gasteiger partial charge in [-0.2, -0.15) is 0 Å². The van der Waals surface area contributed by atoms with Crippen molar-refractivity contribution in [3.05, 3.63) is 0 Å². The minimum absolute atomic E-state index is 0.0596. The first kappa shape index (κ1) is 9.36. The Morgan fingerprint density at radius 3 is 2.67 bits per heavy atom. The molecule has 0 radical (unpaired) electrons. The average molecular weight is 170 g/mol. The summed E-state index contributed by atoms with van der Waals surface area (Å²) < 4.78 is 0. The minimum atomic E-state index is 0.0596. The molecule has 0 aliphatic heterocycles.